The quantitative estimate of drug-likeness (QED) is 0.156. The topological polar surface area (TPSA) is 3.24 Å². The van der Waals surface area contributed by atoms with Crippen molar-refractivity contribution in [2.75, 3.05) is 4.90 Å². The van der Waals surface area contributed by atoms with E-state index in [1.165, 1.54) is 86.9 Å². The molecule has 0 N–H and O–H groups in total. The van der Waals surface area contributed by atoms with Crippen LogP contribution < -0.4 is 4.90 Å². The fraction of sp³-hybridized carbons (Fsp3) is 0.0526. The highest BCUT2D eigenvalue weighted by molar-refractivity contribution is 7.25. The van der Waals surface area contributed by atoms with Gasteiger partial charge in [-0.05, 0) is 98.1 Å². The lowest BCUT2D eigenvalue weighted by atomic mass is 9.82. The highest BCUT2D eigenvalue weighted by Gasteiger charge is 2.37. The molecule has 280 valence electrons. The number of fused-ring (bicyclic) bond motifs is 6. The molecule has 0 fully saturated rings. The molecule has 0 bridgehead atoms. The predicted molar refractivity (Wildman–Crippen MR) is 253 cm³/mol. The van der Waals surface area contributed by atoms with Crippen molar-refractivity contribution in [3.63, 3.8) is 0 Å². The lowest BCUT2D eigenvalue weighted by Gasteiger charge is -2.31. The van der Waals surface area contributed by atoms with Gasteiger partial charge in [0.05, 0.1) is 11.4 Å². The van der Waals surface area contributed by atoms with Gasteiger partial charge in [-0.3, -0.25) is 0 Å². The van der Waals surface area contributed by atoms with Gasteiger partial charge in [0.25, 0.3) is 0 Å². The number of rotatable bonds is 7. The molecule has 0 saturated heterocycles. The first-order valence-corrected chi connectivity index (χ1v) is 21.2. The molecule has 0 radical (unpaired) electrons. The summed E-state index contributed by atoms with van der Waals surface area (Å²) in [6, 6.07) is 78.2. The monoisotopic (exact) mass is 771 g/mol. The summed E-state index contributed by atoms with van der Waals surface area (Å²) in [6.45, 7) is 4.73. The second-order valence-corrected chi connectivity index (χ2v) is 17.2. The van der Waals surface area contributed by atoms with E-state index in [-0.39, 0.29) is 5.41 Å². The molecule has 9 aromatic carbocycles. The van der Waals surface area contributed by atoms with Crippen LogP contribution in [0.3, 0.4) is 0 Å². The summed E-state index contributed by atoms with van der Waals surface area (Å²) in [5.74, 6) is 0. The molecule has 0 spiro atoms. The SMILES string of the molecule is CC1(C)c2ccccc2-c2c(-c3ccccc3N(c3cccc(-c4ccc5c(c4)sc4ccccc45)c3)c3ccc(-c4ccccc4)cc3-c3ccccc3)cccc21. The van der Waals surface area contributed by atoms with Gasteiger partial charge in [-0.2, -0.15) is 0 Å². The molecule has 0 atom stereocenters. The molecular weight excluding hydrogens is 731 g/mol. The van der Waals surface area contributed by atoms with E-state index >= 15 is 0 Å². The van der Waals surface area contributed by atoms with Crippen molar-refractivity contribution in [2.24, 2.45) is 0 Å². The summed E-state index contributed by atoms with van der Waals surface area (Å²) in [7, 11) is 0. The summed E-state index contributed by atoms with van der Waals surface area (Å²) < 4.78 is 2.63. The van der Waals surface area contributed by atoms with Crippen LogP contribution >= 0.6 is 11.3 Å². The third-order valence-corrected chi connectivity index (χ3v) is 13.4. The van der Waals surface area contributed by atoms with E-state index in [1.807, 2.05) is 11.3 Å². The highest BCUT2D eigenvalue weighted by Crippen LogP contribution is 2.54. The number of para-hydroxylation sites is 1. The summed E-state index contributed by atoms with van der Waals surface area (Å²) in [5, 5.41) is 2.63. The maximum Gasteiger partial charge on any atom is 0.0540 e. The van der Waals surface area contributed by atoms with E-state index < -0.39 is 0 Å². The van der Waals surface area contributed by atoms with Crippen LogP contribution in [-0.4, -0.2) is 0 Å². The van der Waals surface area contributed by atoms with Crippen molar-refractivity contribution < 1.29 is 0 Å². The molecule has 59 heavy (non-hydrogen) atoms. The largest absolute Gasteiger partial charge is 0.309 e. The second-order valence-electron chi connectivity index (χ2n) is 16.1. The first kappa shape index (κ1) is 35.2. The van der Waals surface area contributed by atoms with Crippen molar-refractivity contribution in [3.8, 4) is 55.6 Å². The Bertz CT molecular complexity index is 3190. The number of thiophene rings is 1. The molecule has 10 aromatic rings. The number of hydrogen-bond donors (Lipinski definition) is 0. The van der Waals surface area contributed by atoms with Gasteiger partial charge in [-0.15, -0.1) is 11.3 Å². The van der Waals surface area contributed by atoms with E-state index in [0.717, 1.165) is 17.1 Å². The Kier molecular flexibility index (Phi) is 8.43. The van der Waals surface area contributed by atoms with Gasteiger partial charge in [-0.1, -0.05) is 184 Å². The zero-order valence-corrected chi connectivity index (χ0v) is 33.9. The molecule has 1 aromatic heterocycles. The molecule has 0 aliphatic heterocycles. The normalized spacial score (nSPS) is 12.7. The van der Waals surface area contributed by atoms with Gasteiger partial charge in [0.2, 0.25) is 0 Å². The minimum Gasteiger partial charge on any atom is -0.309 e. The Labute approximate surface area is 350 Å². The van der Waals surface area contributed by atoms with Crippen LogP contribution in [0.4, 0.5) is 17.1 Å². The van der Waals surface area contributed by atoms with Crippen molar-refractivity contribution in [3.05, 3.63) is 223 Å². The van der Waals surface area contributed by atoms with Crippen molar-refractivity contribution in [1.29, 1.82) is 0 Å². The van der Waals surface area contributed by atoms with E-state index in [1.54, 1.807) is 0 Å². The summed E-state index contributed by atoms with van der Waals surface area (Å²) in [5.41, 5.74) is 18.2. The van der Waals surface area contributed by atoms with Gasteiger partial charge in [0, 0.05) is 42.4 Å². The first-order chi connectivity index (χ1) is 29.0. The van der Waals surface area contributed by atoms with E-state index in [4.69, 9.17) is 0 Å². The summed E-state index contributed by atoms with van der Waals surface area (Å²) >= 11 is 1.87. The fourth-order valence-electron chi connectivity index (χ4n) is 9.40. The average molecular weight is 772 g/mol. The Hall–Kier alpha value is -7.00. The lowest BCUT2D eigenvalue weighted by Crippen LogP contribution is -2.15. The van der Waals surface area contributed by atoms with Crippen LogP contribution in [0.15, 0.2) is 212 Å². The molecule has 0 unspecified atom stereocenters. The van der Waals surface area contributed by atoms with Gasteiger partial charge < -0.3 is 4.90 Å². The van der Waals surface area contributed by atoms with E-state index in [9.17, 15) is 0 Å². The Balaban J connectivity index is 1.16. The Morgan fingerprint density at radius 2 is 0.932 bits per heavy atom. The van der Waals surface area contributed by atoms with Gasteiger partial charge in [-0.25, -0.2) is 0 Å². The van der Waals surface area contributed by atoms with E-state index in [0.29, 0.717) is 0 Å². The van der Waals surface area contributed by atoms with Crippen LogP contribution in [0.25, 0.3) is 75.8 Å². The summed E-state index contributed by atoms with van der Waals surface area (Å²) in [4.78, 5) is 2.50. The number of nitrogens with zero attached hydrogens (tertiary/aromatic N) is 1. The Morgan fingerprint density at radius 1 is 0.356 bits per heavy atom. The van der Waals surface area contributed by atoms with Crippen molar-refractivity contribution in [1.82, 2.24) is 0 Å². The number of benzene rings is 9. The molecule has 1 heterocycles. The smallest absolute Gasteiger partial charge is 0.0540 e. The zero-order chi connectivity index (χ0) is 39.5. The Morgan fingerprint density at radius 3 is 1.78 bits per heavy atom. The van der Waals surface area contributed by atoms with Crippen LogP contribution in [-0.2, 0) is 5.41 Å². The maximum absolute atomic E-state index is 2.50. The van der Waals surface area contributed by atoms with Gasteiger partial charge in [0.1, 0.15) is 0 Å². The standard InChI is InChI=1S/C57H41NS/c1-57(2)50-27-12-9-25-48(50)56-47(26-16-28-51(56)57)44-23-10-13-29-52(44)58(53-34-32-41(38-17-5-3-6-18-38)36-49(53)39-19-7-4-8-20-39)43-22-15-21-40(35-43)42-31-33-46-45-24-11-14-30-54(45)59-55(46)37-42/h3-37H,1-2H3. The molecule has 0 saturated carbocycles. The first-order valence-electron chi connectivity index (χ1n) is 20.4. The second kappa shape index (κ2) is 14.1. The molecule has 2 heteroatoms. The van der Waals surface area contributed by atoms with Crippen molar-refractivity contribution in [2.45, 2.75) is 19.3 Å². The highest BCUT2D eigenvalue weighted by atomic mass is 32.1. The molecule has 1 aliphatic rings. The van der Waals surface area contributed by atoms with E-state index in [2.05, 4.69) is 231 Å². The van der Waals surface area contributed by atoms with Crippen LogP contribution in [0.2, 0.25) is 0 Å². The van der Waals surface area contributed by atoms with Crippen LogP contribution in [0, 0.1) is 0 Å². The molecule has 1 aliphatic carbocycles. The minimum absolute atomic E-state index is 0.103. The predicted octanol–water partition coefficient (Wildman–Crippen LogP) is 16.5. The number of anilines is 3. The third-order valence-electron chi connectivity index (χ3n) is 12.3. The third kappa shape index (κ3) is 5.91. The fourth-order valence-corrected chi connectivity index (χ4v) is 10.5. The average Bonchev–Trinajstić information content (AvgIpc) is 3.79. The number of hydrogen-bond acceptors (Lipinski definition) is 2. The lowest BCUT2D eigenvalue weighted by molar-refractivity contribution is 0.660. The summed E-state index contributed by atoms with van der Waals surface area (Å²) in [6.07, 6.45) is 0. The van der Waals surface area contributed by atoms with Gasteiger partial charge in [0.15, 0.2) is 0 Å². The molecule has 1 nitrogen and oxygen atoms in total. The molecule has 0 amide bonds. The van der Waals surface area contributed by atoms with Crippen molar-refractivity contribution >= 4 is 48.6 Å². The zero-order valence-electron chi connectivity index (χ0n) is 33.1. The van der Waals surface area contributed by atoms with Crippen LogP contribution in [0.1, 0.15) is 25.0 Å². The molecular formula is C57H41NS. The van der Waals surface area contributed by atoms with Crippen LogP contribution in [0.5, 0.6) is 0 Å². The molecule has 11 rings (SSSR count). The van der Waals surface area contributed by atoms with Gasteiger partial charge >= 0.3 is 0 Å². The maximum atomic E-state index is 2.50. The minimum atomic E-state index is -0.103.